The van der Waals surface area contributed by atoms with E-state index in [2.05, 4.69) is 15.9 Å². The minimum absolute atomic E-state index is 0.193. The van der Waals surface area contributed by atoms with Crippen LogP contribution in [0.1, 0.15) is 19.8 Å². The first-order valence-corrected chi connectivity index (χ1v) is 5.28. The Morgan fingerprint density at radius 1 is 1.43 bits per heavy atom. The first kappa shape index (κ1) is 12.4. The van der Waals surface area contributed by atoms with E-state index in [-0.39, 0.29) is 6.42 Å². The van der Waals surface area contributed by atoms with Crippen LogP contribution in [-0.2, 0) is 4.74 Å². The SMILES string of the molecule is CCCC1(O)O[C@H](CO)[C@](O)(Br)[C@@H]1O. The third-order valence-corrected chi connectivity index (χ3v) is 3.33. The van der Waals surface area contributed by atoms with Gasteiger partial charge in [-0.1, -0.05) is 13.3 Å². The number of aliphatic hydroxyl groups is 4. The molecule has 4 N–H and O–H groups in total. The molecule has 1 aliphatic rings. The first-order valence-electron chi connectivity index (χ1n) is 4.49. The third kappa shape index (κ3) is 1.82. The molecule has 1 saturated heterocycles. The predicted molar refractivity (Wildman–Crippen MR) is 51.7 cm³/mol. The van der Waals surface area contributed by atoms with Crippen molar-refractivity contribution < 1.29 is 25.2 Å². The van der Waals surface area contributed by atoms with Gasteiger partial charge in [-0.25, -0.2) is 0 Å². The quantitative estimate of drug-likeness (QED) is 0.510. The molecule has 1 fully saturated rings. The minimum atomic E-state index is -1.80. The minimum Gasteiger partial charge on any atom is -0.394 e. The predicted octanol–water partition coefficient (Wildman–Crippen LogP) is -0.689. The van der Waals surface area contributed by atoms with Crippen LogP contribution in [0.15, 0.2) is 0 Å². The van der Waals surface area contributed by atoms with E-state index in [0.29, 0.717) is 6.42 Å². The molecule has 84 valence electrons. The zero-order valence-electron chi connectivity index (χ0n) is 7.85. The molecule has 4 atom stereocenters. The lowest BCUT2D eigenvalue weighted by atomic mass is 10.0. The number of aliphatic hydroxyl groups excluding tert-OH is 2. The largest absolute Gasteiger partial charge is 0.394 e. The van der Waals surface area contributed by atoms with Gasteiger partial charge in [0.1, 0.15) is 12.2 Å². The maximum Gasteiger partial charge on any atom is 0.196 e. The summed E-state index contributed by atoms with van der Waals surface area (Å²) >= 11 is 2.84. The Bertz CT molecular complexity index is 210. The Balaban J connectivity index is 2.86. The molecule has 0 spiro atoms. The van der Waals surface area contributed by atoms with Crippen LogP contribution in [0.25, 0.3) is 0 Å². The lowest BCUT2D eigenvalue weighted by Gasteiger charge is -2.27. The van der Waals surface area contributed by atoms with Gasteiger partial charge in [0.25, 0.3) is 0 Å². The van der Waals surface area contributed by atoms with Gasteiger partial charge in [0.05, 0.1) is 6.61 Å². The van der Waals surface area contributed by atoms with Gasteiger partial charge in [-0.15, -0.1) is 0 Å². The average molecular weight is 271 g/mol. The summed E-state index contributed by atoms with van der Waals surface area (Å²) in [6.45, 7) is 1.33. The highest BCUT2D eigenvalue weighted by molar-refractivity contribution is 9.10. The van der Waals surface area contributed by atoms with Gasteiger partial charge in [-0.2, -0.15) is 0 Å². The van der Waals surface area contributed by atoms with Crippen molar-refractivity contribution in [2.24, 2.45) is 0 Å². The molecule has 0 aromatic heterocycles. The van der Waals surface area contributed by atoms with Crippen LogP contribution in [0, 0.1) is 0 Å². The molecule has 0 amide bonds. The van der Waals surface area contributed by atoms with E-state index >= 15 is 0 Å². The van der Waals surface area contributed by atoms with E-state index in [9.17, 15) is 15.3 Å². The van der Waals surface area contributed by atoms with Crippen LogP contribution in [0.4, 0.5) is 0 Å². The van der Waals surface area contributed by atoms with E-state index < -0.39 is 29.1 Å². The number of rotatable bonds is 3. The third-order valence-electron chi connectivity index (χ3n) is 2.38. The summed E-state index contributed by atoms with van der Waals surface area (Å²) in [6.07, 6.45) is -1.73. The molecule has 1 aliphatic heterocycles. The van der Waals surface area contributed by atoms with Crippen molar-refractivity contribution in [1.29, 1.82) is 0 Å². The lowest BCUT2D eigenvalue weighted by molar-refractivity contribution is -0.234. The maximum absolute atomic E-state index is 9.82. The first-order chi connectivity index (χ1) is 6.38. The number of hydrogen-bond acceptors (Lipinski definition) is 5. The van der Waals surface area contributed by atoms with Gasteiger partial charge in [0.15, 0.2) is 10.3 Å². The fraction of sp³-hybridized carbons (Fsp3) is 1.00. The van der Waals surface area contributed by atoms with Crippen molar-refractivity contribution in [2.75, 3.05) is 6.61 Å². The Kier molecular flexibility index (Phi) is 3.56. The maximum atomic E-state index is 9.82. The Hall–Kier alpha value is 0.280. The second-order valence-electron chi connectivity index (χ2n) is 3.51. The second-order valence-corrected chi connectivity index (χ2v) is 4.78. The van der Waals surface area contributed by atoms with Crippen LogP contribution in [0.2, 0.25) is 0 Å². The van der Waals surface area contributed by atoms with E-state index in [1.807, 2.05) is 6.92 Å². The summed E-state index contributed by atoms with van der Waals surface area (Å²) in [5, 5.41) is 38.0. The molecule has 5 nitrogen and oxygen atoms in total. The van der Waals surface area contributed by atoms with Gasteiger partial charge in [0.2, 0.25) is 0 Å². The average Bonchev–Trinajstić information content (AvgIpc) is 2.28. The van der Waals surface area contributed by atoms with Crippen molar-refractivity contribution in [3.63, 3.8) is 0 Å². The monoisotopic (exact) mass is 270 g/mol. The molecule has 1 unspecified atom stereocenters. The van der Waals surface area contributed by atoms with Gasteiger partial charge >= 0.3 is 0 Å². The standard InChI is InChI=1S/C8H15BrO5/c1-2-3-7(12)6(11)8(9,13)5(4-10)14-7/h5-6,10-13H,2-4H2,1H3/t5-,6-,7?,8-/m1/s1. The van der Waals surface area contributed by atoms with Crippen molar-refractivity contribution in [1.82, 2.24) is 0 Å². The van der Waals surface area contributed by atoms with Gasteiger partial charge in [0, 0.05) is 6.42 Å². The molecule has 0 bridgehead atoms. The van der Waals surface area contributed by atoms with Crippen LogP contribution >= 0.6 is 15.9 Å². The van der Waals surface area contributed by atoms with Crippen LogP contribution < -0.4 is 0 Å². The van der Waals surface area contributed by atoms with E-state index in [0.717, 1.165) is 0 Å². The summed E-state index contributed by atoms with van der Waals surface area (Å²) in [6, 6.07) is 0. The molecular weight excluding hydrogens is 256 g/mol. The van der Waals surface area contributed by atoms with Crippen LogP contribution in [0.3, 0.4) is 0 Å². The number of hydrogen-bond donors (Lipinski definition) is 4. The Morgan fingerprint density at radius 2 is 2.00 bits per heavy atom. The number of alkyl halides is 1. The summed E-state index contributed by atoms with van der Waals surface area (Å²) in [4.78, 5) is 0. The van der Waals surface area contributed by atoms with Crippen molar-refractivity contribution >= 4 is 15.9 Å². The molecule has 6 heteroatoms. The van der Waals surface area contributed by atoms with Crippen molar-refractivity contribution in [3.8, 4) is 0 Å². The molecule has 0 aromatic carbocycles. The fourth-order valence-corrected chi connectivity index (χ4v) is 2.20. The summed E-state index contributed by atoms with van der Waals surface area (Å²) < 4.78 is 3.22. The van der Waals surface area contributed by atoms with Gasteiger partial charge in [-0.05, 0) is 15.9 Å². The molecule has 14 heavy (non-hydrogen) atoms. The molecular formula is C8H15BrO5. The smallest absolute Gasteiger partial charge is 0.196 e. The van der Waals surface area contributed by atoms with Gasteiger partial charge in [-0.3, -0.25) is 0 Å². The molecule has 0 radical (unpaired) electrons. The zero-order chi connectivity index (χ0) is 11.0. The van der Waals surface area contributed by atoms with E-state index in [4.69, 9.17) is 9.84 Å². The molecule has 0 aromatic rings. The molecule has 0 aliphatic carbocycles. The summed E-state index contributed by atoms with van der Waals surface area (Å²) in [7, 11) is 0. The Morgan fingerprint density at radius 3 is 2.36 bits per heavy atom. The zero-order valence-corrected chi connectivity index (χ0v) is 9.44. The van der Waals surface area contributed by atoms with Crippen LogP contribution in [0.5, 0.6) is 0 Å². The van der Waals surface area contributed by atoms with Gasteiger partial charge < -0.3 is 25.2 Å². The topological polar surface area (TPSA) is 90.2 Å². The van der Waals surface area contributed by atoms with Crippen molar-refractivity contribution in [2.45, 2.75) is 42.3 Å². The lowest BCUT2D eigenvalue weighted by Crippen LogP contribution is -2.48. The fourth-order valence-electron chi connectivity index (χ4n) is 1.60. The number of ether oxygens (including phenoxy) is 1. The van der Waals surface area contributed by atoms with E-state index in [1.165, 1.54) is 0 Å². The normalized spacial score (nSPS) is 48.4. The highest BCUT2D eigenvalue weighted by Crippen LogP contribution is 2.42. The highest BCUT2D eigenvalue weighted by Gasteiger charge is 2.61. The Labute approximate surface area is 90.4 Å². The van der Waals surface area contributed by atoms with Crippen LogP contribution in [-0.4, -0.2) is 49.5 Å². The highest BCUT2D eigenvalue weighted by atomic mass is 79.9. The van der Waals surface area contributed by atoms with E-state index in [1.54, 1.807) is 0 Å². The molecule has 1 heterocycles. The summed E-state index contributed by atoms with van der Waals surface area (Å²) in [5.74, 6) is -1.79. The summed E-state index contributed by atoms with van der Waals surface area (Å²) in [5.41, 5.74) is 0. The van der Waals surface area contributed by atoms with Crippen molar-refractivity contribution in [3.05, 3.63) is 0 Å². The number of halogens is 1. The molecule has 0 saturated carbocycles. The molecule has 1 rings (SSSR count). The second kappa shape index (κ2) is 4.03.